The highest BCUT2D eigenvalue weighted by molar-refractivity contribution is 7.89. The molecule has 0 aliphatic carbocycles. The molecule has 2 aliphatic heterocycles. The fourth-order valence-corrected chi connectivity index (χ4v) is 5.89. The molecule has 1 amide bonds. The predicted molar refractivity (Wildman–Crippen MR) is 110 cm³/mol. The van der Waals surface area contributed by atoms with Crippen molar-refractivity contribution >= 4 is 33.2 Å². The van der Waals surface area contributed by atoms with Gasteiger partial charge < -0.3 is 4.90 Å². The third-order valence-corrected chi connectivity index (χ3v) is 7.71. The van der Waals surface area contributed by atoms with E-state index in [4.69, 9.17) is 11.6 Å². The van der Waals surface area contributed by atoms with Gasteiger partial charge in [0, 0.05) is 23.8 Å². The Morgan fingerprint density at radius 3 is 2.50 bits per heavy atom. The smallest absolute Gasteiger partial charge is 0.245 e. The Bertz CT molecular complexity index is 975. The molecule has 0 bridgehead atoms. The minimum Gasteiger partial charge on any atom is -0.311 e. The molecule has 4 rings (SSSR count). The van der Waals surface area contributed by atoms with Gasteiger partial charge in [-0.15, -0.1) is 0 Å². The molecular formula is C21H23ClN2O3S. The topological polar surface area (TPSA) is 57.7 Å². The van der Waals surface area contributed by atoms with Crippen molar-refractivity contribution in [3.63, 3.8) is 0 Å². The standard InChI is InChI=1S/C21H23ClN2O3S/c22-17-10-12-18(13-11-17)28(26,27)24-15-5-9-20(24)21(25)23-14-4-3-7-16-6-1-2-8-19(16)23/h1-2,6,8,10-13,20H,3-5,7,9,14-15H2/t20-/m1/s1. The molecule has 2 aliphatic rings. The van der Waals surface area contributed by atoms with Gasteiger partial charge in [0.1, 0.15) is 6.04 Å². The van der Waals surface area contributed by atoms with Crippen molar-refractivity contribution in [2.45, 2.75) is 43.0 Å². The number of rotatable bonds is 3. The van der Waals surface area contributed by atoms with Gasteiger partial charge in [-0.05, 0) is 68.0 Å². The Balaban J connectivity index is 1.65. The number of halogens is 1. The Hall–Kier alpha value is -1.89. The molecule has 0 N–H and O–H groups in total. The second-order valence-electron chi connectivity index (χ2n) is 7.30. The van der Waals surface area contributed by atoms with Crippen LogP contribution in [0.2, 0.25) is 5.02 Å². The van der Waals surface area contributed by atoms with Gasteiger partial charge in [-0.1, -0.05) is 29.8 Å². The van der Waals surface area contributed by atoms with Crippen LogP contribution < -0.4 is 4.90 Å². The van der Waals surface area contributed by atoms with E-state index in [0.29, 0.717) is 31.0 Å². The normalized spacial score (nSPS) is 20.6. The summed E-state index contributed by atoms with van der Waals surface area (Å²) in [5.74, 6) is -0.121. The van der Waals surface area contributed by atoms with Crippen LogP contribution in [0.4, 0.5) is 5.69 Å². The minimum atomic E-state index is -3.75. The number of hydrogen-bond donors (Lipinski definition) is 0. The quantitative estimate of drug-likeness (QED) is 0.760. The number of nitrogens with zero attached hydrogens (tertiary/aromatic N) is 2. The van der Waals surface area contributed by atoms with Crippen LogP contribution in [-0.2, 0) is 21.2 Å². The largest absolute Gasteiger partial charge is 0.311 e. The van der Waals surface area contributed by atoms with Crippen LogP contribution >= 0.6 is 11.6 Å². The first-order valence-corrected chi connectivity index (χ1v) is 11.5. The van der Waals surface area contributed by atoms with E-state index in [9.17, 15) is 13.2 Å². The lowest BCUT2D eigenvalue weighted by Gasteiger charge is -2.30. The molecule has 28 heavy (non-hydrogen) atoms. The summed E-state index contributed by atoms with van der Waals surface area (Å²) in [6.07, 6.45) is 4.11. The molecule has 1 fully saturated rings. The molecule has 0 radical (unpaired) electrons. The first-order chi connectivity index (χ1) is 13.5. The number of carbonyl (C=O) groups is 1. The minimum absolute atomic E-state index is 0.121. The maximum absolute atomic E-state index is 13.5. The number of anilines is 1. The van der Waals surface area contributed by atoms with Gasteiger partial charge in [-0.2, -0.15) is 4.31 Å². The van der Waals surface area contributed by atoms with Crippen LogP contribution in [0.5, 0.6) is 0 Å². The van der Waals surface area contributed by atoms with Crippen molar-refractivity contribution in [1.29, 1.82) is 0 Å². The summed E-state index contributed by atoms with van der Waals surface area (Å²) in [6.45, 7) is 0.984. The van der Waals surface area contributed by atoms with Crippen molar-refractivity contribution in [1.82, 2.24) is 4.31 Å². The van der Waals surface area contributed by atoms with E-state index < -0.39 is 16.1 Å². The van der Waals surface area contributed by atoms with Crippen LogP contribution in [0.1, 0.15) is 31.2 Å². The highest BCUT2D eigenvalue weighted by Gasteiger charge is 2.41. The lowest BCUT2D eigenvalue weighted by molar-refractivity contribution is -0.121. The summed E-state index contributed by atoms with van der Waals surface area (Å²) in [4.78, 5) is 15.4. The summed E-state index contributed by atoms with van der Waals surface area (Å²) in [7, 11) is -3.75. The summed E-state index contributed by atoms with van der Waals surface area (Å²) in [5.41, 5.74) is 2.07. The van der Waals surface area contributed by atoms with Crippen LogP contribution in [0.25, 0.3) is 0 Å². The maximum atomic E-state index is 13.5. The third-order valence-electron chi connectivity index (χ3n) is 5.54. The summed E-state index contributed by atoms with van der Waals surface area (Å²) >= 11 is 5.90. The van der Waals surface area contributed by atoms with Crippen molar-refractivity contribution in [3.05, 3.63) is 59.1 Å². The van der Waals surface area contributed by atoms with Crippen molar-refractivity contribution in [3.8, 4) is 0 Å². The number of sulfonamides is 1. The lowest BCUT2D eigenvalue weighted by Crippen LogP contribution is -2.48. The molecule has 1 saturated heterocycles. The molecule has 0 unspecified atom stereocenters. The molecule has 7 heteroatoms. The average Bonchev–Trinajstić information content (AvgIpc) is 3.10. The first-order valence-electron chi connectivity index (χ1n) is 9.65. The van der Waals surface area contributed by atoms with Gasteiger partial charge in [-0.25, -0.2) is 8.42 Å². The zero-order chi connectivity index (χ0) is 19.7. The van der Waals surface area contributed by atoms with E-state index in [2.05, 4.69) is 6.07 Å². The molecule has 2 aromatic rings. The SMILES string of the molecule is O=C([C@H]1CCCN1S(=O)(=O)c1ccc(Cl)cc1)N1CCCCc2ccccc21. The number of aryl methyl sites for hydroxylation is 1. The summed E-state index contributed by atoms with van der Waals surface area (Å²) in [5, 5.41) is 0.481. The van der Waals surface area contributed by atoms with Crippen LogP contribution in [0.15, 0.2) is 53.4 Å². The van der Waals surface area contributed by atoms with E-state index in [1.54, 1.807) is 17.0 Å². The van der Waals surface area contributed by atoms with Gasteiger partial charge in [-0.3, -0.25) is 4.79 Å². The lowest BCUT2D eigenvalue weighted by atomic mass is 10.1. The molecule has 5 nitrogen and oxygen atoms in total. The highest BCUT2D eigenvalue weighted by Crippen LogP contribution is 2.32. The third kappa shape index (κ3) is 3.56. The number of benzene rings is 2. The molecule has 0 aromatic heterocycles. The fourth-order valence-electron chi connectivity index (χ4n) is 4.12. The highest BCUT2D eigenvalue weighted by atomic mass is 35.5. The maximum Gasteiger partial charge on any atom is 0.245 e. The zero-order valence-corrected chi connectivity index (χ0v) is 17.1. The number of carbonyl (C=O) groups excluding carboxylic acids is 1. The van der Waals surface area contributed by atoms with Crippen LogP contribution in [0.3, 0.4) is 0 Å². The van der Waals surface area contributed by atoms with Gasteiger partial charge in [0.2, 0.25) is 15.9 Å². The van der Waals surface area contributed by atoms with E-state index in [0.717, 1.165) is 30.5 Å². The van der Waals surface area contributed by atoms with Gasteiger partial charge in [0.25, 0.3) is 0 Å². The fraction of sp³-hybridized carbons (Fsp3) is 0.381. The van der Waals surface area contributed by atoms with E-state index in [1.807, 2.05) is 18.2 Å². The molecule has 148 valence electrons. The number of amides is 1. The predicted octanol–water partition coefficient (Wildman–Crippen LogP) is 3.86. The molecule has 0 spiro atoms. The van der Waals surface area contributed by atoms with Crippen molar-refractivity contribution in [2.75, 3.05) is 18.0 Å². The van der Waals surface area contributed by atoms with Gasteiger partial charge >= 0.3 is 0 Å². The summed E-state index contributed by atoms with van der Waals surface area (Å²) < 4.78 is 27.7. The van der Waals surface area contributed by atoms with E-state index in [1.165, 1.54) is 16.4 Å². The monoisotopic (exact) mass is 418 g/mol. The Labute approximate surface area is 171 Å². The Morgan fingerprint density at radius 2 is 1.71 bits per heavy atom. The number of para-hydroxylation sites is 1. The second kappa shape index (κ2) is 7.85. The van der Waals surface area contributed by atoms with Crippen LogP contribution in [-0.4, -0.2) is 37.8 Å². The van der Waals surface area contributed by atoms with E-state index >= 15 is 0 Å². The molecule has 1 atom stereocenters. The molecule has 0 saturated carbocycles. The average molecular weight is 419 g/mol. The first kappa shape index (κ1) is 19.4. The van der Waals surface area contributed by atoms with Gasteiger partial charge in [0.15, 0.2) is 0 Å². The van der Waals surface area contributed by atoms with Crippen molar-refractivity contribution < 1.29 is 13.2 Å². The molecular weight excluding hydrogens is 396 g/mol. The van der Waals surface area contributed by atoms with Crippen LogP contribution in [0, 0.1) is 0 Å². The zero-order valence-electron chi connectivity index (χ0n) is 15.6. The number of fused-ring (bicyclic) bond motifs is 1. The Kier molecular flexibility index (Phi) is 5.45. The molecule has 2 aromatic carbocycles. The van der Waals surface area contributed by atoms with E-state index in [-0.39, 0.29) is 10.8 Å². The number of hydrogen-bond acceptors (Lipinski definition) is 3. The molecule has 2 heterocycles. The summed E-state index contributed by atoms with van der Waals surface area (Å²) in [6, 6.07) is 13.4. The van der Waals surface area contributed by atoms with Gasteiger partial charge in [0.05, 0.1) is 4.90 Å². The Morgan fingerprint density at radius 1 is 0.964 bits per heavy atom. The second-order valence-corrected chi connectivity index (χ2v) is 9.63. The van der Waals surface area contributed by atoms with Crippen molar-refractivity contribution in [2.24, 2.45) is 0 Å².